The summed E-state index contributed by atoms with van der Waals surface area (Å²) in [4.78, 5) is 13.1. The standard InChI is InChI=1S/C27H26O3/c1-21(2)19-29-20-22(3)26(28)30-27(23-13-7-4-8-14-23,24-15-9-5-10-16-24)25-17-11-6-12-18-25/h4-18H,1,3,19-20H2,2H3. The van der Waals surface area contributed by atoms with Gasteiger partial charge in [-0.2, -0.15) is 0 Å². The maximum Gasteiger partial charge on any atom is 0.337 e. The summed E-state index contributed by atoms with van der Waals surface area (Å²) in [6, 6.07) is 29.3. The molecule has 0 spiro atoms. The van der Waals surface area contributed by atoms with E-state index >= 15 is 0 Å². The Hall–Kier alpha value is -3.43. The van der Waals surface area contributed by atoms with Gasteiger partial charge < -0.3 is 9.47 Å². The lowest BCUT2D eigenvalue weighted by Crippen LogP contribution is -2.36. The molecule has 3 heteroatoms. The first kappa shape index (κ1) is 21.3. The second-order valence-corrected chi connectivity index (χ2v) is 7.22. The van der Waals surface area contributed by atoms with Gasteiger partial charge in [0.2, 0.25) is 0 Å². The molecule has 0 aromatic heterocycles. The highest BCUT2D eigenvalue weighted by Crippen LogP contribution is 2.40. The zero-order valence-corrected chi connectivity index (χ0v) is 17.2. The SMILES string of the molecule is C=C(C)COCC(=C)C(=O)OC(c1ccccc1)(c1ccccc1)c1ccccc1. The Morgan fingerprint density at radius 3 is 1.50 bits per heavy atom. The minimum Gasteiger partial charge on any atom is -0.441 e. The van der Waals surface area contributed by atoms with E-state index in [1.165, 1.54) is 0 Å². The maximum atomic E-state index is 13.1. The second-order valence-electron chi connectivity index (χ2n) is 7.22. The van der Waals surface area contributed by atoms with Gasteiger partial charge in [-0.25, -0.2) is 4.79 Å². The van der Waals surface area contributed by atoms with Crippen LogP contribution < -0.4 is 0 Å². The lowest BCUT2D eigenvalue weighted by Gasteiger charge is -2.35. The molecule has 0 aliphatic carbocycles. The van der Waals surface area contributed by atoms with Crippen molar-refractivity contribution < 1.29 is 14.3 Å². The molecule has 0 radical (unpaired) electrons. The summed E-state index contributed by atoms with van der Waals surface area (Å²) in [6.07, 6.45) is 0. The molecule has 3 nitrogen and oxygen atoms in total. The fourth-order valence-corrected chi connectivity index (χ4v) is 3.31. The molecule has 0 saturated carbocycles. The van der Waals surface area contributed by atoms with Crippen LogP contribution in [0.3, 0.4) is 0 Å². The first-order valence-electron chi connectivity index (χ1n) is 9.84. The molecule has 0 aliphatic heterocycles. The number of benzene rings is 3. The zero-order chi connectivity index (χ0) is 21.4. The van der Waals surface area contributed by atoms with Crippen LogP contribution in [0, 0.1) is 0 Å². The zero-order valence-electron chi connectivity index (χ0n) is 17.2. The van der Waals surface area contributed by atoms with Crippen molar-refractivity contribution in [2.24, 2.45) is 0 Å². The minimum atomic E-state index is -1.11. The van der Waals surface area contributed by atoms with Gasteiger partial charge in [-0.3, -0.25) is 0 Å². The van der Waals surface area contributed by atoms with Crippen molar-refractivity contribution in [1.29, 1.82) is 0 Å². The number of ether oxygens (including phenoxy) is 2. The maximum absolute atomic E-state index is 13.1. The number of hydrogen-bond donors (Lipinski definition) is 0. The third-order valence-corrected chi connectivity index (χ3v) is 4.70. The highest BCUT2D eigenvalue weighted by atomic mass is 16.6. The van der Waals surface area contributed by atoms with Crippen LogP contribution in [0.4, 0.5) is 0 Å². The summed E-state index contributed by atoms with van der Waals surface area (Å²) >= 11 is 0. The van der Waals surface area contributed by atoms with Crippen molar-refractivity contribution in [2.75, 3.05) is 13.2 Å². The van der Waals surface area contributed by atoms with Gasteiger partial charge in [-0.05, 0) is 6.92 Å². The molecule has 0 heterocycles. The summed E-state index contributed by atoms with van der Waals surface area (Å²) in [7, 11) is 0. The number of hydrogen-bond acceptors (Lipinski definition) is 3. The molecular formula is C27H26O3. The monoisotopic (exact) mass is 398 g/mol. The highest BCUT2D eigenvalue weighted by molar-refractivity contribution is 5.89. The van der Waals surface area contributed by atoms with Crippen molar-refractivity contribution in [3.8, 4) is 0 Å². The van der Waals surface area contributed by atoms with Crippen LogP contribution in [0.1, 0.15) is 23.6 Å². The number of carbonyl (C=O) groups is 1. The van der Waals surface area contributed by atoms with E-state index in [0.29, 0.717) is 6.61 Å². The second kappa shape index (κ2) is 9.86. The quantitative estimate of drug-likeness (QED) is 0.202. The molecule has 0 unspecified atom stereocenters. The van der Waals surface area contributed by atoms with E-state index in [2.05, 4.69) is 13.2 Å². The summed E-state index contributed by atoms with van der Waals surface area (Å²) in [6.45, 7) is 10.0. The molecular weight excluding hydrogens is 372 g/mol. The van der Waals surface area contributed by atoms with E-state index in [1.54, 1.807) is 0 Å². The molecule has 0 amide bonds. The third-order valence-electron chi connectivity index (χ3n) is 4.70. The average molecular weight is 399 g/mol. The van der Waals surface area contributed by atoms with E-state index < -0.39 is 11.6 Å². The summed E-state index contributed by atoms with van der Waals surface area (Å²) in [5, 5.41) is 0. The van der Waals surface area contributed by atoms with Gasteiger partial charge >= 0.3 is 5.97 Å². The van der Waals surface area contributed by atoms with Gasteiger partial charge in [0.1, 0.15) is 0 Å². The summed E-state index contributed by atoms with van der Waals surface area (Å²) in [5.74, 6) is -0.506. The first-order valence-corrected chi connectivity index (χ1v) is 9.84. The lowest BCUT2D eigenvalue weighted by molar-refractivity contribution is -0.149. The Bertz CT molecular complexity index is 895. The Labute approximate surface area is 178 Å². The Morgan fingerprint density at radius 1 is 0.733 bits per heavy atom. The molecule has 0 aliphatic rings. The molecule has 0 fully saturated rings. The molecule has 152 valence electrons. The van der Waals surface area contributed by atoms with Crippen LogP contribution in [0.15, 0.2) is 115 Å². The van der Waals surface area contributed by atoms with Gasteiger partial charge in [0, 0.05) is 16.7 Å². The molecule has 0 bridgehead atoms. The molecule has 3 aromatic rings. The molecule has 30 heavy (non-hydrogen) atoms. The molecule has 3 aromatic carbocycles. The number of rotatable bonds is 9. The van der Waals surface area contributed by atoms with Gasteiger partial charge in [0.15, 0.2) is 5.60 Å². The van der Waals surface area contributed by atoms with E-state index in [0.717, 1.165) is 22.3 Å². The van der Waals surface area contributed by atoms with Crippen molar-refractivity contribution in [3.63, 3.8) is 0 Å². The molecule has 0 saturated heterocycles. The predicted molar refractivity (Wildman–Crippen MR) is 120 cm³/mol. The predicted octanol–water partition coefficient (Wildman–Crippen LogP) is 5.67. The Balaban J connectivity index is 2.06. The van der Waals surface area contributed by atoms with Crippen molar-refractivity contribution in [3.05, 3.63) is 132 Å². The Morgan fingerprint density at radius 2 is 1.13 bits per heavy atom. The normalized spacial score (nSPS) is 11.0. The van der Waals surface area contributed by atoms with E-state index in [-0.39, 0.29) is 12.2 Å². The van der Waals surface area contributed by atoms with Crippen LogP contribution in [-0.2, 0) is 19.9 Å². The number of esters is 1. The van der Waals surface area contributed by atoms with E-state index in [9.17, 15) is 4.79 Å². The fourth-order valence-electron chi connectivity index (χ4n) is 3.31. The van der Waals surface area contributed by atoms with Gasteiger partial charge in [0.05, 0.1) is 18.8 Å². The van der Waals surface area contributed by atoms with Gasteiger partial charge in [-0.1, -0.05) is 110 Å². The summed E-state index contributed by atoms with van der Waals surface area (Å²) in [5.41, 5.74) is 2.58. The van der Waals surface area contributed by atoms with Crippen molar-refractivity contribution in [2.45, 2.75) is 12.5 Å². The van der Waals surface area contributed by atoms with Crippen LogP contribution in [-0.4, -0.2) is 19.2 Å². The largest absolute Gasteiger partial charge is 0.441 e. The van der Waals surface area contributed by atoms with Gasteiger partial charge in [-0.15, -0.1) is 0 Å². The highest BCUT2D eigenvalue weighted by Gasteiger charge is 2.40. The van der Waals surface area contributed by atoms with Crippen molar-refractivity contribution in [1.82, 2.24) is 0 Å². The fraction of sp³-hybridized carbons (Fsp3) is 0.148. The smallest absolute Gasteiger partial charge is 0.337 e. The van der Waals surface area contributed by atoms with Crippen molar-refractivity contribution >= 4 is 5.97 Å². The molecule has 0 atom stereocenters. The molecule has 0 N–H and O–H groups in total. The third kappa shape index (κ3) is 4.76. The van der Waals surface area contributed by atoms with Crippen LogP contribution in [0.5, 0.6) is 0 Å². The lowest BCUT2D eigenvalue weighted by atomic mass is 9.80. The molecule has 3 rings (SSSR count). The van der Waals surface area contributed by atoms with Crippen LogP contribution in [0.2, 0.25) is 0 Å². The Kier molecular flexibility index (Phi) is 6.99. The van der Waals surface area contributed by atoms with E-state index in [4.69, 9.17) is 9.47 Å². The average Bonchev–Trinajstić information content (AvgIpc) is 2.78. The number of carbonyl (C=O) groups excluding carboxylic acids is 1. The first-order chi connectivity index (χ1) is 14.5. The van der Waals surface area contributed by atoms with Crippen LogP contribution >= 0.6 is 0 Å². The topological polar surface area (TPSA) is 35.5 Å². The summed E-state index contributed by atoms with van der Waals surface area (Å²) < 4.78 is 11.8. The van der Waals surface area contributed by atoms with E-state index in [1.807, 2.05) is 97.9 Å². The van der Waals surface area contributed by atoms with Gasteiger partial charge in [0.25, 0.3) is 0 Å². The van der Waals surface area contributed by atoms with Crippen LogP contribution in [0.25, 0.3) is 0 Å². The minimum absolute atomic E-state index is 0.0835.